The predicted molar refractivity (Wildman–Crippen MR) is 82.5 cm³/mol. The third-order valence-electron chi connectivity index (χ3n) is 4.10. The van der Waals surface area contributed by atoms with Crippen LogP contribution in [0.4, 0.5) is 0 Å². The molecular weight excluding hydrogens is 288 g/mol. The van der Waals surface area contributed by atoms with E-state index in [1.54, 1.807) is 21.4 Å². The molecule has 1 aliphatic heterocycles. The number of nitrogens with zero attached hydrogens (tertiary/aromatic N) is 3. The van der Waals surface area contributed by atoms with Crippen molar-refractivity contribution in [2.75, 3.05) is 19.6 Å². The molecule has 1 aliphatic rings. The third-order valence-corrected chi connectivity index (χ3v) is 5.85. The predicted octanol–water partition coefficient (Wildman–Crippen LogP) is 1.30. The van der Waals surface area contributed by atoms with E-state index in [1.807, 2.05) is 6.92 Å². The van der Waals surface area contributed by atoms with Crippen LogP contribution in [-0.2, 0) is 16.6 Å². The smallest absolute Gasteiger partial charge is 0.262 e. The highest BCUT2D eigenvalue weighted by Crippen LogP contribution is 2.23. The molecule has 120 valence electrons. The van der Waals surface area contributed by atoms with Crippen molar-refractivity contribution in [2.24, 2.45) is 5.92 Å². The Kier molecular flexibility index (Phi) is 5.40. The molecule has 0 saturated carbocycles. The minimum atomic E-state index is -3.45. The average molecular weight is 314 g/mol. The van der Waals surface area contributed by atoms with Crippen LogP contribution in [-0.4, -0.2) is 48.0 Å². The summed E-state index contributed by atoms with van der Waals surface area (Å²) in [6.45, 7) is 9.05. The Hall–Kier alpha value is -0.920. The maximum Gasteiger partial charge on any atom is 0.262 e. The Labute approximate surface area is 127 Å². The van der Waals surface area contributed by atoms with Crippen molar-refractivity contribution in [1.82, 2.24) is 19.2 Å². The summed E-state index contributed by atoms with van der Waals surface area (Å²) in [7, 11) is -3.45. The van der Waals surface area contributed by atoms with Gasteiger partial charge >= 0.3 is 0 Å². The summed E-state index contributed by atoms with van der Waals surface area (Å²) in [5, 5.41) is 3.67. The van der Waals surface area contributed by atoms with E-state index in [0.717, 1.165) is 25.9 Å². The first kappa shape index (κ1) is 16.5. The van der Waals surface area contributed by atoms with Crippen LogP contribution in [0.5, 0.6) is 0 Å². The van der Waals surface area contributed by atoms with Gasteiger partial charge in [0, 0.05) is 31.9 Å². The van der Waals surface area contributed by atoms with Gasteiger partial charge in [-0.3, -0.25) is 0 Å². The van der Waals surface area contributed by atoms with Crippen molar-refractivity contribution >= 4 is 10.0 Å². The van der Waals surface area contributed by atoms with Crippen LogP contribution in [0.15, 0.2) is 17.6 Å². The van der Waals surface area contributed by atoms with Crippen LogP contribution in [0, 0.1) is 5.92 Å². The van der Waals surface area contributed by atoms with Crippen molar-refractivity contribution in [2.45, 2.75) is 51.2 Å². The van der Waals surface area contributed by atoms with Gasteiger partial charge in [0.15, 0.2) is 5.03 Å². The molecule has 2 unspecified atom stereocenters. The van der Waals surface area contributed by atoms with Crippen LogP contribution in [0.1, 0.15) is 33.6 Å². The molecule has 2 rings (SSSR count). The Bertz CT molecular complexity index is 555. The van der Waals surface area contributed by atoms with Gasteiger partial charge in [-0.2, -0.15) is 4.31 Å². The molecule has 0 bridgehead atoms. The fourth-order valence-electron chi connectivity index (χ4n) is 2.74. The van der Waals surface area contributed by atoms with Gasteiger partial charge in [-0.25, -0.2) is 13.4 Å². The van der Waals surface area contributed by atoms with E-state index in [0.29, 0.717) is 25.0 Å². The molecule has 0 amide bonds. The van der Waals surface area contributed by atoms with Crippen LogP contribution in [0.3, 0.4) is 0 Å². The van der Waals surface area contributed by atoms with Crippen molar-refractivity contribution in [3.8, 4) is 0 Å². The second-order valence-electron chi connectivity index (χ2n) is 5.73. The molecule has 2 atom stereocenters. The number of hydrogen-bond donors (Lipinski definition) is 1. The van der Waals surface area contributed by atoms with Gasteiger partial charge < -0.3 is 9.88 Å². The molecule has 0 aromatic carbocycles. The van der Waals surface area contributed by atoms with E-state index < -0.39 is 10.0 Å². The lowest BCUT2D eigenvalue weighted by Gasteiger charge is -2.36. The average Bonchev–Trinajstić information content (AvgIpc) is 2.95. The summed E-state index contributed by atoms with van der Waals surface area (Å²) in [6, 6.07) is 0.407. The number of sulfonamides is 1. The highest BCUT2D eigenvalue weighted by atomic mass is 32.2. The number of nitrogens with one attached hydrogen (secondary N) is 1. The molecule has 2 heterocycles. The van der Waals surface area contributed by atoms with Crippen molar-refractivity contribution in [3.05, 3.63) is 12.5 Å². The molecule has 0 aliphatic carbocycles. The molecule has 1 saturated heterocycles. The highest BCUT2D eigenvalue weighted by molar-refractivity contribution is 7.89. The molecule has 6 nitrogen and oxygen atoms in total. The van der Waals surface area contributed by atoms with E-state index in [4.69, 9.17) is 0 Å². The number of aryl methyl sites for hydroxylation is 1. The van der Waals surface area contributed by atoms with Crippen LogP contribution < -0.4 is 5.32 Å². The van der Waals surface area contributed by atoms with E-state index in [-0.39, 0.29) is 5.03 Å². The second-order valence-corrected chi connectivity index (χ2v) is 7.62. The maximum absolute atomic E-state index is 12.6. The topological polar surface area (TPSA) is 67.2 Å². The normalized spacial score (nSPS) is 24.3. The first-order valence-electron chi connectivity index (χ1n) is 7.74. The van der Waals surface area contributed by atoms with E-state index in [1.165, 1.54) is 0 Å². The molecule has 1 fully saturated rings. The summed E-state index contributed by atoms with van der Waals surface area (Å²) >= 11 is 0. The van der Waals surface area contributed by atoms with E-state index in [9.17, 15) is 8.42 Å². The summed E-state index contributed by atoms with van der Waals surface area (Å²) in [6.07, 6.45) is 5.14. The largest absolute Gasteiger partial charge is 0.336 e. The van der Waals surface area contributed by atoms with Crippen LogP contribution in [0.25, 0.3) is 0 Å². The zero-order valence-corrected chi connectivity index (χ0v) is 13.9. The number of rotatable bonds is 6. The Morgan fingerprint density at radius 1 is 1.43 bits per heavy atom. The molecule has 0 spiro atoms. The fourth-order valence-corrected chi connectivity index (χ4v) is 4.23. The van der Waals surface area contributed by atoms with Gasteiger partial charge in [-0.05, 0) is 32.2 Å². The highest BCUT2D eigenvalue weighted by Gasteiger charge is 2.34. The van der Waals surface area contributed by atoms with Gasteiger partial charge in [-0.1, -0.05) is 13.8 Å². The Balaban J connectivity index is 2.05. The number of aromatic nitrogens is 2. The van der Waals surface area contributed by atoms with Crippen molar-refractivity contribution in [1.29, 1.82) is 0 Å². The number of piperidine rings is 1. The van der Waals surface area contributed by atoms with Gasteiger partial charge in [0.25, 0.3) is 10.0 Å². The zero-order valence-electron chi connectivity index (χ0n) is 13.1. The van der Waals surface area contributed by atoms with E-state index in [2.05, 4.69) is 24.1 Å². The lowest BCUT2D eigenvalue weighted by Crippen LogP contribution is -2.50. The maximum atomic E-state index is 12.6. The fraction of sp³-hybridized carbons (Fsp3) is 0.786. The molecular formula is C14H26N4O2S. The standard InChI is InChI=1S/C14H26N4O2S/c1-4-7-15-13-6-8-18(9-12(13)3)21(19,20)14-10-17(5-2)11-16-14/h10-13,15H,4-9H2,1-3H3. The summed E-state index contributed by atoms with van der Waals surface area (Å²) in [4.78, 5) is 4.05. The minimum Gasteiger partial charge on any atom is -0.336 e. The number of hydrogen-bond acceptors (Lipinski definition) is 4. The first-order chi connectivity index (χ1) is 9.98. The molecule has 0 radical (unpaired) electrons. The monoisotopic (exact) mass is 314 g/mol. The Morgan fingerprint density at radius 3 is 2.76 bits per heavy atom. The zero-order chi connectivity index (χ0) is 15.5. The molecule has 1 aromatic heterocycles. The van der Waals surface area contributed by atoms with Crippen molar-refractivity contribution in [3.63, 3.8) is 0 Å². The second kappa shape index (κ2) is 6.89. The molecule has 1 N–H and O–H groups in total. The van der Waals surface area contributed by atoms with Gasteiger partial charge in [0.05, 0.1) is 6.33 Å². The molecule has 7 heteroatoms. The number of imidazole rings is 1. The lowest BCUT2D eigenvalue weighted by atomic mass is 9.95. The summed E-state index contributed by atoms with van der Waals surface area (Å²) in [5.74, 6) is 0.313. The van der Waals surface area contributed by atoms with Gasteiger partial charge in [-0.15, -0.1) is 0 Å². The Morgan fingerprint density at radius 2 is 2.19 bits per heavy atom. The van der Waals surface area contributed by atoms with Crippen LogP contribution >= 0.6 is 0 Å². The lowest BCUT2D eigenvalue weighted by molar-refractivity contribution is 0.220. The van der Waals surface area contributed by atoms with E-state index >= 15 is 0 Å². The molecule has 1 aromatic rings. The third kappa shape index (κ3) is 3.64. The van der Waals surface area contributed by atoms with Gasteiger partial charge in [0.1, 0.15) is 0 Å². The van der Waals surface area contributed by atoms with Crippen LogP contribution in [0.2, 0.25) is 0 Å². The summed E-state index contributed by atoms with van der Waals surface area (Å²) in [5.41, 5.74) is 0. The van der Waals surface area contributed by atoms with Crippen molar-refractivity contribution < 1.29 is 8.42 Å². The molecule has 21 heavy (non-hydrogen) atoms. The first-order valence-corrected chi connectivity index (χ1v) is 9.18. The quantitative estimate of drug-likeness (QED) is 0.859. The minimum absolute atomic E-state index is 0.163. The van der Waals surface area contributed by atoms with Gasteiger partial charge in [0.2, 0.25) is 0 Å². The SMILES string of the molecule is CCCNC1CCN(S(=O)(=O)c2cn(CC)cn2)CC1C. The summed E-state index contributed by atoms with van der Waals surface area (Å²) < 4.78 is 28.6.